The lowest BCUT2D eigenvalue weighted by Gasteiger charge is -2.10. The van der Waals surface area contributed by atoms with Crippen LogP contribution in [0.25, 0.3) is 0 Å². The number of anilines is 1. The first-order chi connectivity index (χ1) is 10.0. The van der Waals surface area contributed by atoms with Gasteiger partial charge in [0.25, 0.3) is 0 Å². The molecule has 1 aliphatic heterocycles. The Hall–Kier alpha value is -2.17. The van der Waals surface area contributed by atoms with Crippen LogP contribution in [-0.2, 0) is 19.2 Å². The minimum atomic E-state index is -4.31. The number of ether oxygens (including phenoxy) is 1. The normalized spacial score (nSPS) is 13.7. The number of benzene rings is 2. The number of hydrogen-bond donors (Lipinski definition) is 1. The van der Waals surface area contributed by atoms with E-state index in [1.165, 1.54) is 17.7 Å². The summed E-state index contributed by atoms with van der Waals surface area (Å²) in [7, 11) is 0. The molecule has 1 aliphatic rings. The molecule has 2 aromatic rings. The molecule has 1 N–H and O–H groups in total. The predicted molar refractivity (Wildman–Crippen MR) is 74.4 cm³/mol. The van der Waals surface area contributed by atoms with Crippen LogP contribution in [0.2, 0.25) is 0 Å². The highest BCUT2D eigenvalue weighted by molar-refractivity contribution is 5.56. The minimum Gasteiger partial charge on any atom is -0.489 e. The van der Waals surface area contributed by atoms with Crippen molar-refractivity contribution in [1.82, 2.24) is 0 Å². The van der Waals surface area contributed by atoms with E-state index in [-0.39, 0.29) is 0 Å². The lowest BCUT2D eigenvalue weighted by Crippen LogP contribution is -2.04. The summed E-state index contributed by atoms with van der Waals surface area (Å²) in [4.78, 5) is 0. The molecule has 2 nitrogen and oxygen atoms in total. The van der Waals surface area contributed by atoms with Gasteiger partial charge in [-0.05, 0) is 47.9 Å². The summed E-state index contributed by atoms with van der Waals surface area (Å²) in [6.07, 6.45) is -3.32. The largest absolute Gasteiger partial charge is 0.489 e. The predicted octanol–water partition coefficient (Wildman–Crippen LogP) is 4.25. The van der Waals surface area contributed by atoms with Crippen molar-refractivity contribution < 1.29 is 17.9 Å². The number of halogens is 3. The molecule has 0 saturated heterocycles. The topological polar surface area (TPSA) is 21.3 Å². The van der Waals surface area contributed by atoms with Crippen molar-refractivity contribution in [2.75, 3.05) is 11.9 Å². The molecule has 0 radical (unpaired) electrons. The Morgan fingerprint density at radius 3 is 2.52 bits per heavy atom. The molecule has 110 valence electrons. The Morgan fingerprint density at radius 1 is 1.05 bits per heavy atom. The highest BCUT2D eigenvalue weighted by Gasteiger charge is 2.30. The Bertz CT molecular complexity index is 635. The van der Waals surface area contributed by atoms with Gasteiger partial charge in [-0.1, -0.05) is 12.1 Å². The van der Waals surface area contributed by atoms with Gasteiger partial charge < -0.3 is 10.1 Å². The van der Waals surface area contributed by atoms with E-state index in [1.54, 1.807) is 0 Å². The van der Waals surface area contributed by atoms with Gasteiger partial charge in [0.2, 0.25) is 0 Å². The molecular formula is C16H14F3NO. The standard InChI is InChI=1S/C16H14F3NO/c17-16(18,19)13-2-4-14(5-3-13)21-10-11-1-6-15-12(9-11)7-8-20-15/h1-6,9,20H,7-8,10H2. The zero-order valence-corrected chi connectivity index (χ0v) is 11.2. The van der Waals surface area contributed by atoms with Gasteiger partial charge in [-0.2, -0.15) is 13.2 Å². The van der Waals surface area contributed by atoms with Gasteiger partial charge in [0.15, 0.2) is 0 Å². The van der Waals surface area contributed by atoms with Gasteiger partial charge in [-0.3, -0.25) is 0 Å². The molecule has 1 heterocycles. The Labute approximate surface area is 120 Å². The van der Waals surface area contributed by atoms with Gasteiger partial charge >= 0.3 is 6.18 Å². The van der Waals surface area contributed by atoms with Crippen molar-refractivity contribution in [2.45, 2.75) is 19.2 Å². The molecular weight excluding hydrogens is 279 g/mol. The fourth-order valence-electron chi connectivity index (χ4n) is 2.35. The van der Waals surface area contributed by atoms with Crippen LogP contribution in [-0.4, -0.2) is 6.54 Å². The zero-order valence-electron chi connectivity index (χ0n) is 11.2. The third-order valence-corrected chi connectivity index (χ3v) is 3.47. The highest BCUT2D eigenvalue weighted by Crippen LogP contribution is 2.30. The van der Waals surface area contributed by atoms with E-state index in [4.69, 9.17) is 4.74 Å². The number of alkyl halides is 3. The summed E-state index contributed by atoms with van der Waals surface area (Å²) < 4.78 is 42.9. The summed E-state index contributed by atoms with van der Waals surface area (Å²) in [5.41, 5.74) is 2.74. The molecule has 3 rings (SSSR count). The maximum atomic E-state index is 12.5. The summed E-state index contributed by atoms with van der Waals surface area (Å²) >= 11 is 0. The molecule has 0 spiro atoms. The molecule has 21 heavy (non-hydrogen) atoms. The average molecular weight is 293 g/mol. The van der Waals surface area contributed by atoms with Crippen LogP contribution in [0.4, 0.5) is 18.9 Å². The van der Waals surface area contributed by atoms with Crippen LogP contribution < -0.4 is 10.1 Å². The van der Waals surface area contributed by atoms with Crippen LogP contribution in [0.5, 0.6) is 5.75 Å². The van der Waals surface area contributed by atoms with E-state index in [2.05, 4.69) is 11.4 Å². The van der Waals surface area contributed by atoms with E-state index in [0.717, 1.165) is 36.3 Å². The molecule has 0 bridgehead atoms. The lowest BCUT2D eigenvalue weighted by atomic mass is 10.1. The quantitative estimate of drug-likeness (QED) is 0.913. The summed E-state index contributed by atoms with van der Waals surface area (Å²) in [6, 6.07) is 10.8. The summed E-state index contributed by atoms with van der Waals surface area (Å²) in [5.74, 6) is 0.432. The van der Waals surface area contributed by atoms with Crippen molar-refractivity contribution in [2.24, 2.45) is 0 Å². The maximum absolute atomic E-state index is 12.5. The third-order valence-electron chi connectivity index (χ3n) is 3.47. The first kappa shape index (κ1) is 13.8. The van der Waals surface area contributed by atoms with Crippen molar-refractivity contribution in [3.8, 4) is 5.75 Å². The monoisotopic (exact) mass is 293 g/mol. The van der Waals surface area contributed by atoms with Crippen LogP contribution in [0.3, 0.4) is 0 Å². The van der Waals surface area contributed by atoms with Crippen molar-refractivity contribution in [1.29, 1.82) is 0 Å². The molecule has 5 heteroatoms. The minimum absolute atomic E-state index is 0.346. The van der Waals surface area contributed by atoms with Crippen molar-refractivity contribution >= 4 is 5.69 Å². The Kier molecular flexibility index (Phi) is 3.49. The third kappa shape index (κ3) is 3.12. The second-order valence-corrected chi connectivity index (χ2v) is 4.98. The second-order valence-electron chi connectivity index (χ2n) is 4.98. The van der Waals surface area contributed by atoms with Gasteiger partial charge in [0.05, 0.1) is 5.56 Å². The fraction of sp³-hybridized carbons (Fsp3) is 0.250. The molecule has 0 saturated carbocycles. The van der Waals surface area contributed by atoms with Crippen LogP contribution in [0, 0.1) is 0 Å². The smallest absolute Gasteiger partial charge is 0.416 e. The van der Waals surface area contributed by atoms with E-state index in [1.807, 2.05) is 12.1 Å². The van der Waals surface area contributed by atoms with Crippen LogP contribution >= 0.6 is 0 Å². The first-order valence-corrected chi connectivity index (χ1v) is 6.68. The first-order valence-electron chi connectivity index (χ1n) is 6.68. The van der Waals surface area contributed by atoms with Gasteiger partial charge in [-0.25, -0.2) is 0 Å². The van der Waals surface area contributed by atoms with Gasteiger partial charge in [-0.15, -0.1) is 0 Å². The molecule has 2 aromatic carbocycles. The van der Waals surface area contributed by atoms with E-state index in [9.17, 15) is 13.2 Å². The molecule has 0 amide bonds. The lowest BCUT2D eigenvalue weighted by molar-refractivity contribution is -0.137. The van der Waals surface area contributed by atoms with Crippen molar-refractivity contribution in [3.63, 3.8) is 0 Å². The molecule has 0 aliphatic carbocycles. The number of hydrogen-bond acceptors (Lipinski definition) is 2. The Morgan fingerprint density at radius 2 is 1.81 bits per heavy atom. The molecule has 0 fully saturated rings. The average Bonchev–Trinajstić information content (AvgIpc) is 2.92. The summed E-state index contributed by atoms with van der Waals surface area (Å²) in [6.45, 7) is 1.29. The Balaban J connectivity index is 1.65. The van der Waals surface area contributed by atoms with Gasteiger partial charge in [0.1, 0.15) is 12.4 Å². The number of rotatable bonds is 3. The van der Waals surface area contributed by atoms with E-state index < -0.39 is 11.7 Å². The zero-order chi connectivity index (χ0) is 14.9. The maximum Gasteiger partial charge on any atom is 0.416 e. The van der Waals surface area contributed by atoms with E-state index in [0.29, 0.717) is 12.4 Å². The highest BCUT2D eigenvalue weighted by atomic mass is 19.4. The molecule has 0 unspecified atom stereocenters. The molecule has 0 aromatic heterocycles. The van der Waals surface area contributed by atoms with Crippen LogP contribution in [0.1, 0.15) is 16.7 Å². The SMILES string of the molecule is FC(F)(F)c1ccc(OCc2ccc3c(c2)CCN3)cc1. The summed E-state index contributed by atoms with van der Waals surface area (Å²) in [5, 5.41) is 3.27. The second kappa shape index (κ2) is 5.31. The van der Waals surface area contributed by atoms with Crippen molar-refractivity contribution in [3.05, 3.63) is 59.2 Å². The number of nitrogens with one attached hydrogen (secondary N) is 1. The fourth-order valence-corrected chi connectivity index (χ4v) is 2.35. The van der Waals surface area contributed by atoms with Gasteiger partial charge in [0, 0.05) is 12.2 Å². The van der Waals surface area contributed by atoms with E-state index >= 15 is 0 Å². The number of fused-ring (bicyclic) bond motifs is 1. The van der Waals surface area contributed by atoms with Crippen LogP contribution in [0.15, 0.2) is 42.5 Å². The molecule has 0 atom stereocenters.